The van der Waals surface area contributed by atoms with Crippen molar-refractivity contribution in [2.75, 3.05) is 19.7 Å². The molecule has 5 nitrogen and oxygen atoms in total. The van der Waals surface area contributed by atoms with Crippen molar-refractivity contribution in [1.82, 2.24) is 15.2 Å². The fourth-order valence-electron chi connectivity index (χ4n) is 4.15. The highest BCUT2D eigenvalue weighted by Gasteiger charge is 2.27. The summed E-state index contributed by atoms with van der Waals surface area (Å²) in [4.78, 5) is 21.9. The molecule has 1 aliphatic heterocycles. The predicted molar refractivity (Wildman–Crippen MR) is 120 cm³/mol. The summed E-state index contributed by atoms with van der Waals surface area (Å²) in [7, 11) is 0. The molecular formula is C22H27N3O2S2. The molecule has 0 saturated carbocycles. The number of thiophene rings is 1. The number of piperidine rings is 1. The number of thiazole rings is 1. The maximum absolute atomic E-state index is 12.8. The Hall–Kier alpha value is -1.80. The second-order valence-electron chi connectivity index (χ2n) is 7.56. The van der Waals surface area contributed by atoms with E-state index < -0.39 is 0 Å². The number of carbonyl (C=O) groups is 1. The van der Waals surface area contributed by atoms with Gasteiger partial charge in [0.15, 0.2) is 0 Å². The summed E-state index contributed by atoms with van der Waals surface area (Å²) < 4.78 is 1.15. The number of amides is 1. The van der Waals surface area contributed by atoms with Gasteiger partial charge in [-0.25, -0.2) is 4.98 Å². The number of rotatable bonds is 7. The van der Waals surface area contributed by atoms with Crippen LogP contribution < -0.4 is 5.32 Å². The Morgan fingerprint density at radius 3 is 2.97 bits per heavy atom. The quantitative estimate of drug-likeness (QED) is 0.596. The summed E-state index contributed by atoms with van der Waals surface area (Å²) in [5, 5.41) is 14.2. The molecule has 7 heteroatoms. The molecule has 3 heterocycles. The summed E-state index contributed by atoms with van der Waals surface area (Å²) in [6.45, 7) is 4.32. The maximum atomic E-state index is 12.8. The zero-order valence-corrected chi connectivity index (χ0v) is 18.3. The Morgan fingerprint density at radius 2 is 2.17 bits per heavy atom. The van der Waals surface area contributed by atoms with Crippen molar-refractivity contribution in [3.63, 3.8) is 0 Å². The SMILES string of the molecule is Cc1ncc(CN2CCCCC2Cc2c(C(=O)NCCO)sc3ccccc23)s1. The molecule has 2 aromatic heterocycles. The van der Waals surface area contributed by atoms with Gasteiger partial charge in [0.25, 0.3) is 5.91 Å². The molecule has 1 aromatic carbocycles. The van der Waals surface area contributed by atoms with Crippen LogP contribution in [0.25, 0.3) is 10.1 Å². The van der Waals surface area contributed by atoms with E-state index in [1.807, 2.05) is 18.3 Å². The Bertz CT molecular complexity index is 982. The van der Waals surface area contributed by atoms with Crippen LogP contribution in [0.2, 0.25) is 0 Å². The first-order chi connectivity index (χ1) is 14.2. The van der Waals surface area contributed by atoms with Gasteiger partial charge in [-0.1, -0.05) is 24.6 Å². The van der Waals surface area contributed by atoms with Gasteiger partial charge < -0.3 is 10.4 Å². The molecule has 1 saturated heterocycles. The molecule has 2 N–H and O–H groups in total. The molecule has 154 valence electrons. The third kappa shape index (κ3) is 4.69. The zero-order valence-electron chi connectivity index (χ0n) is 16.7. The molecule has 1 aliphatic rings. The highest BCUT2D eigenvalue weighted by molar-refractivity contribution is 7.21. The third-order valence-electron chi connectivity index (χ3n) is 5.52. The van der Waals surface area contributed by atoms with Crippen LogP contribution in [0.15, 0.2) is 30.5 Å². The molecule has 1 atom stereocenters. The molecular weight excluding hydrogens is 402 g/mol. The topological polar surface area (TPSA) is 65.5 Å². The minimum atomic E-state index is -0.0734. The second kappa shape index (κ2) is 9.34. The van der Waals surface area contributed by atoms with Crippen LogP contribution in [0.4, 0.5) is 0 Å². The third-order valence-corrected chi connectivity index (χ3v) is 7.63. The largest absolute Gasteiger partial charge is 0.395 e. The number of carbonyl (C=O) groups excluding carboxylic acids is 1. The number of likely N-dealkylation sites (tertiary alicyclic amines) is 1. The van der Waals surface area contributed by atoms with Crippen LogP contribution in [0.1, 0.15) is 44.4 Å². The highest BCUT2D eigenvalue weighted by Crippen LogP contribution is 2.34. The summed E-state index contributed by atoms with van der Waals surface area (Å²) in [6.07, 6.45) is 6.49. The lowest BCUT2D eigenvalue weighted by Crippen LogP contribution is -2.40. The lowest BCUT2D eigenvalue weighted by Gasteiger charge is -2.35. The maximum Gasteiger partial charge on any atom is 0.261 e. The molecule has 1 amide bonds. The number of hydrogen-bond donors (Lipinski definition) is 2. The predicted octanol–water partition coefficient (Wildman–Crippen LogP) is 3.99. The Balaban J connectivity index is 1.61. The van der Waals surface area contributed by atoms with Crippen molar-refractivity contribution in [3.05, 3.63) is 50.8 Å². The van der Waals surface area contributed by atoms with E-state index in [0.29, 0.717) is 6.04 Å². The van der Waals surface area contributed by atoms with Crippen molar-refractivity contribution in [2.45, 2.75) is 45.2 Å². The van der Waals surface area contributed by atoms with E-state index in [4.69, 9.17) is 5.11 Å². The number of nitrogens with one attached hydrogen (secondary N) is 1. The second-order valence-corrected chi connectivity index (χ2v) is 9.93. The first kappa shape index (κ1) is 20.5. The molecule has 1 unspecified atom stereocenters. The van der Waals surface area contributed by atoms with Gasteiger partial charge in [0.1, 0.15) is 0 Å². The van der Waals surface area contributed by atoms with Crippen LogP contribution in [0.5, 0.6) is 0 Å². The smallest absolute Gasteiger partial charge is 0.261 e. The van der Waals surface area contributed by atoms with Crippen LogP contribution in [0, 0.1) is 6.92 Å². The number of aryl methyl sites for hydroxylation is 1. The van der Waals surface area contributed by atoms with Crippen molar-refractivity contribution in [1.29, 1.82) is 0 Å². The summed E-state index contributed by atoms with van der Waals surface area (Å²) in [5.74, 6) is -0.0734. The molecule has 0 bridgehead atoms. The monoisotopic (exact) mass is 429 g/mol. The van der Waals surface area contributed by atoms with E-state index in [2.05, 4.69) is 34.3 Å². The van der Waals surface area contributed by atoms with Crippen LogP contribution >= 0.6 is 22.7 Å². The Labute approximate surface area is 179 Å². The average molecular weight is 430 g/mol. The van der Waals surface area contributed by atoms with Gasteiger partial charge in [-0.2, -0.15) is 0 Å². The summed E-state index contributed by atoms with van der Waals surface area (Å²) in [6, 6.07) is 8.71. The number of aliphatic hydroxyl groups is 1. The Morgan fingerprint density at radius 1 is 1.31 bits per heavy atom. The van der Waals surface area contributed by atoms with Crippen LogP contribution in [-0.2, 0) is 13.0 Å². The number of nitrogens with zero attached hydrogens (tertiary/aromatic N) is 2. The van der Waals surface area contributed by atoms with Crippen LogP contribution in [-0.4, -0.2) is 46.6 Å². The van der Waals surface area contributed by atoms with Crippen molar-refractivity contribution in [3.8, 4) is 0 Å². The zero-order chi connectivity index (χ0) is 20.2. The Kier molecular flexibility index (Phi) is 6.60. The van der Waals surface area contributed by atoms with E-state index in [-0.39, 0.29) is 19.1 Å². The average Bonchev–Trinajstić information content (AvgIpc) is 3.31. The first-order valence-electron chi connectivity index (χ1n) is 10.2. The highest BCUT2D eigenvalue weighted by atomic mass is 32.1. The van der Waals surface area contributed by atoms with Crippen LogP contribution in [0.3, 0.4) is 0 Å². The van der Waals surface area contributed by atoms with E-state index in [9.17, 15) is 4.79 Å². The summed E-state index contributed by atoms with van der Waals surface area (Å²) in [5.41, 5.74) is 1.15. The molecule has 1 fully saturated rings. The van der Waals surface area contributed by atoms with E-state index in [1.165, 1.54) is 23.1 Å². The lowest BCUT2D eigenvalue weighted by atomic mass is 9.94. The van der Waals surface area contributed by atoms with E-state index >= 15 is 0 Å². The van der Waals surface area contributed by atoms with Crippen molar-refractivity contribution < 1.29 is 9.90 Å². The number of aromatic nitrogens is 1. The lowest BCUT2D eigenvalue weighted by molar-refractivity contribution is 0.0946. The molecule has 0 aliphatic carbocycles. The van der Waals surface area contributed by atoms with Gasteiger partial charge in [0, 0.05) is 34.9 Å². The first-order valence-corrected chi connectivity index (χ1v) is 11.8. The van der Waals surface area contributed by atoms with E-state index in [1.54, 1.807) is 22.7 Å². The number of fused-ring (bicyclic) bond motifs is 1. The van der Waals surface area contributed by atoms with Crippen molar-refractivity contribution >= 4 is 38.7 Å². The summed E-state index contributed by atoms with van der Waals surface area (Å²) >= 11 is 3.33. The van der Waals surface area contributed by atoms with E-state index in [0.717, 1.165) is 46.1 Å². The fourth-order valence-corrected chi connectivity index (χ4v) is 6.12. The van der Waals surface area contributed by atoms with Gasteiger partial charge >= 0.3 is 0 Å². The van der Waals surface area contributed by atoms with Gasteiger partial charge in [0.05, 0.1) is 16.5 Å². The van der Waals surface area contributed by atoms with Gasteiger partial charge in [-0.15, -0.1) is 22.7 Å². The minimum absolute atomic E-state index is 0.0450. The standard InChI is InChI=1S/C22H27N3O2S2/c1-15-24-13-17(28-15)14-25-10-5-4-6-16(25)12-19-18-7-2-3-8-20(18)29-21(19)22(27)23-9-11-26/h2-3,7-8,13,16,26H,4-6,9-12,14H2,1H3,(H,23,27). The van der Waals surface area contributed by atoms with Gasteiger partial charge in [-0.3, -0.25) is 9.69 Å². The van der Waals surface area contributed by atoms with Crippen molar-refractivity contribution in [2.24, 2.45) is 0 Å². The fraction of sp³-hybridized carbons (Fsp3) is 0.455. The molecule has 4 rings (SSSR count). The molecule has 0 spiro atoms. The molecule has 3 aromatic rings. The normalized spacial score (nSPS) is 17.7. The molecule has 0 radical (unpaired) electrons. The minimum Gasteiger partial charge on any atom is -0.395 e. The number of benzene rings is 1. The molecule has 29 heavy (non-hydrogen) atoms. The number of aliphatic hydroxyl groups excluding tert-OH is 1. The number of hydrogen-bond acceptors (Lipinski definition) is 6. The van der Waals surface area contributed by atoms with Gasteiger partial charge in [-0.05, 0) is 49.7 Å². The van der Waals surface area contributed by atoms with Gasteiger partial charge in [0.2, 0.25) is 0 Å².